The monoisotopic (exact) mass is 430 g/mol. The number of phenols is 1. The number of aromatic hydroxyl groups is 1. The van der Waals surface area contributed by atoms with Gasteiger partial charge in [-0.2, -0.15) is 0 Å². The molecule has 0 spiro atoms. The molecule has 0 unspecified atom stereocenters. The molecule has 0 bridgehead atoms. The molecule has 2 heterocycles. The van der Waals surface area contributed by atoms with E-state index in [1.165, 1.54) is 4.57 Å². The van der Waals surface area contributed by atoms with Crippen LogP contribution < -0.4 is 16.6 Å². The van der Waals surface area contributed by atoms with Crippen molar-refractivity contribution in [2.75, 3.05) is 12.3 Å². The zero-order valence-electron chi connectivity index (χ0n) is 17.7. The third-order valence-electron chi connectivity index (χ3n) is 5.25. The first-order valence-electron chi connectivity index (χ1n) is 10.6. The number of hydrogen-bond donors (Lipinski definition) is 3. The van der Waals surface area contributed by atoms with E-state index in [1.54, 1.807) is 30.5 Å². The van der Waals surface area contributed by atoms with E-state index in [0.717, 1.165) is 28.9 Å². The van der Waals surface area contributed by atoms with Gasteiger partial charge in [0.15, 0.2) is 0 Å². The Bertz CT molecular complexity index is 1230. The first-order chi connectivity index (χ1) is 15.6. The van der Waals surface area contributed by atoms with E-state index in [9.17, 15) is 9.90 Å². The summed E-state index contributed by atoms with van der Waals surface area (Å²) in [7, 11) is 0. The first kappa shape index (κ1) is 21.4. The van der Waals surface area contributed by atoms with Crippen LogP contribution in [0.15, 0.2) is 82.2 Å². The summed E-state index contributed by atoms with van der Waals surface area (Å²) in [5.74, 6) is 1.28. The summed E-state index contributed by atoms with van der Waals surface area (Å²) in [4.78, 5) is 17.0. The molecular formula is C25H26N4O3. The van der Waals surface area contributed by atoms with Crippen LogP contribution in [-0.2, 0) is 25.9 Å². The molecule has 7 nitrogen and oxygen atoms in total. The number of benzene rings is 2. The number of anilines is 1. The molecule has 164 valence electrons. The number of nitrogens with two attached hydrogens (primary N) is 1. The van der Waals surface area contributed by atoms with E-state index < -0.39 is 0 Å². The average molecular weight is 431 g/mol. The topological polar surface area (TPSA) is 106 Å². The highest BCUT2D eigenvalue weighted by molar-refractivity contribution is 5.58. The number of rotatable bonds is 9. The minimum absolute atomic E-state index is 0.156. The lowest BCUT2D eigenvalue weighted by Crippen LogP contribution is -2.29. The Morgan fingerprint density at radius 2 is 1.84 bits per heavy atom. The Morgan fingerprint density at radius 1 is 1.00 bits per heavy atom. The molecule has 0 saturated heterocycles. The highest BCUT2D eigenvalue weighted by Crippen LogP contribution is 2.21. The predicted octanol–water partition coefficient (Wildman–Crippen LogP) is 3.37. The largest absolute Gasteiger partial charge is 0.508 e. The summed E-state index contributed by atoms with van der Waals surface area (Å²) < 4.78 is 6.93. The van der Waals surface area contributed by atoms with Crippen LogP contribution in [0, 0.1) is 0 Å². The normalized spacial score (nSPS) is 11.0. The SMILES string of the molecule is Nc1nc(CCc2cccc(-c3ccco3)c2)cc(=O)n1CCNCc1cccc(O)c1. The van der Waals surface area contributed by atoms with E-state index >= 15 is 0 Å². The third kappa shape index (κ3) is 5.44. The van der Waals surface area contributed by atoms with Crippen LogP contribution in [0.25, 0.3) is 11.3 Å². The van der Waals surface area contributed by atoms with Gasteiger partial charge in [0.25, 0.3) is 5.56 Å². The third-order valence-corrected chi connectivity index (χ3v) is 5.25. The van der Waals surface area contributed by atoms with Crippen molar-refractivity contribution in [3.8, 4) is 17.1 Å². The molecule has 0 aliphatic carbocycles. The standard InChI is InChI=1S/C25H26N4O3/c26-25-28-21(10-9-18-4-1-6-20(14-18)23-8-3-13-32-23)16-24(31)29(25)12-11-27-17-19-5-2-7-22(30)15-19/h1-8,13-16,27,30H,9-12,17H2,(H2,26,28). The second-order valence-corrected chi connectivity index (χ2v) is 7.62. The lowest BCUT2D eigenvalue weighted by molar-refractivity contribution is 0.474. The number of nitrogen functional groups attached to an aromatic ring is 1. The molecular weight excluding hydrogens is 404 g/mol. The number of furan rings is 1. The van der Waals surface area contributed by atoms with Gasteiger partial charge in [-0.25, -0.2) is 4.98 Å². The summed E-state index contributed by atoms with van der Waals surface area (Å²) in [6.07, 6.45) is 3.03. The highest BCUT2D eigenvalue weighted by Gasteiger charge is 2.08. The zero-order chi connectivity index (χ0) is 22.3. The molecule has 0 amide bonds. The molecule has 0 saturated carbocycles. The average Bonchev–Trinajstić information content (AvgIpc) is 3.32. The molecule has 0 atom stereocenters. The molecule has 4 rings (SSSR count). The van der Waals surface area contributed by atoms with Crippen molar-refractivity contribution >= 4 is 5.95 Å². The van der Waals surface area contributed by atoms with Gasteiger partial charge >= 0.3 is 0 Å². The highest BCUT2D eigenvalue weighted by atomic mass is 16.3. The molecule has 0 aliphatic heterocycles. The summed E-state index contributed by atoms with van der Waals surface area (Å²) in [6, 6.07) is 20.6. The molecule has 4 N–H and O–H groups in total. The molecule has 0 radical (unpaired) electrons. The van der Waals surface area contributed by atoms with Gasteiger partial charge in [0, 0.05) is 31.3 Å². The second-order valence-electron chi connectivity index (χ2n) is 7.62. The first-order valence-corrected chi connectivity index (χ1v) is 10.6. The van der Waals surface area contributed by atoms with E-state index in [4.69, 9.17) is 10.2 Å². The van der Waals surface area contributed by atoms with Gasteiger partial charge in [-0.15, -0.1) is 0 Å². The van der Waals surface area contributed by atoms with Gasteiger partial charge in [-0.1, -0.05) is 30.3 Å². The van der Waals surface area contributed by atoms with Crippen molar-refractivity contribution in [1.82, 2.24) is 14.9 Å². The van der Waals surface area contributed by atoms with Crippen molar-refractivity contribution in [1.29, 1.82) is 0 Å². The quantitative estimate of drug-likeness (QED) is 0.352. The van der Waals surface area contributed by atoms with Gasteiger partial charge in [-0.3, -0.25) is 9.36 Å². The number of aromatic nitrogens is 2. The molecule has 0 aliphatic rings. The minimum atomic E-state index is -0.156. The number of nitrogens with zero attached hydrogens (tertiary/aromatic N) is 2. The number of hydrogen-bond acceptors (Lipinski definition) is 6. The van der Waals surface area contributed by atoms with Crippen molar-refractivity contribution in [3.63, 3.8) is 0 Å². The number of aryl methyl sites for hydroxylation is 2. The van der Waals surface area contributed by atoms with Crippen molar-refractivity contribution in [2.45, 2.75) is 25.9 Å². The van der Waals surface area contributed by atoms with E-state index in [2.05, 4.69) is 22.4 Å². The summed E-state index contributed by atoms with van der Waals surface area (Å²) in [5.41, 5.74) is 9.72. The summed E-state index contributed by atoms with van der Waals surface area (Å²) in [6.45, 7) is 1.56. The smallest absolute Gasteiger partial charge is 0.255 e. The fourth-order valence-corrected chi connectivity index (χ4v) is 3.61. The summed E-state index contributed by atoms with van der Waals surface area (Å²) in [5, 5.41) is 12.8. The fourth-order valence-electron chi connectivity index (χ4n) is 3.61. The maximum absolute atomic E-state index is 12.6. The Labute approximate surface area is 186 Å². The summed E-state index contributed by atoms with van der Waals surface area (Å²) >= 11 is 0. The molecule has 32 heavy (non-hydrogen) atoms. The van der Waals surface area contributed by atoms with Crippen molar-refractivity contribution in [3.05, 3.63) is 100 Å². The van der Waals surface area contributed by atoms with E-state index in [0.29, 0.717) is 31.7 Å². The number of nitrogens with one attached hydrogen (secondary N) is 1. The van der Waals surface area contributed by atoms with Crippen LogP contribution >= 0.6 is 0 Å². The Hall–Kier alpha value is -3.84. The molecule has 2 aromatic heterocycles. The number of phenolic OH excluding ortho intramolecular Hbond substituents is 1. The molecule has 7 heteroatoms. The van der Waals surface area contributed by atoms with Crippen LogP contribution in [0.5, 0.6) is 5.75 Å². The van der Waals surface area contributed by atoms with E-state index in [1.807, 2.05) is 30.3 Å². The van der Waals surface area contributed by atoms with Gasteiger partial charge in [0.2, 0.25) is 5.95 Å². The van der Waals surface area contributed by atoms with Crippen molar-refractivity contribution in [2.24, 2.45) is 0 Å². The Kier molecular flexibility index (Phi) is 6.67. The predicted molar refractivity (Wildman–Crippen MR) is 124 cm³/mol. The van der Waals surface area contributed by atoms with Gasteiger partial charge in [0.1, 0.15) is 11.5 Å². The van der Waals surface area contributed by atoms with Crippen LogP contribution in [0.4, 0.5) is 5.95 Å². The Morgan fingerprint density at radius 3 is 2.62 bits per heavy atom. The molecule has 4 aromatic rings. The maximum Gasteiger partial charge on any atom is 0.255 e. The Balaban J connectivity index is 1.33. The van der Waals surface area contributed by atoms with Crippen LogP contribution in [0.3, 0.4) is 0 Å². The molecule has 2 aromatic carbocycles. The van der Waals surface area contributed by atoms with Crippen LogP contribution in [0.2, 0.25) is 0 Å². The van der Waals surface area contributed by atoms with Crippen LogP contribution in [-0.4, -0.2) is 21.2 Å². The minimum Gasteiger partial charge on any atom is -0.508 e. The van der Waals surface area contributed by atoms with Crippen LogP contribution in [0.1, 0.15) is 16.8 Å². The fraction of sp³-hybridized carbons (Fsp3) is 0.200. The van der Waals surface area contributed by atoms with Gasteiger partial charge in [0.05, 0.1) is 12.0 Å². The lowest BCUT2D eigenvalue weighted by atomic mass is 10.0. The lowest BCUT2D eigenvalue weighted by Gasteiger charge is -2.11. The van der Waals surface area contributed by atoms with Crippen molar-refractivity contribution < 1.29 is 9.52 Å². The zero-order valence-corrected chi connectivity index (χ0v) is 17.7. The second kappa shape index (κ2) is 9.98. The van der Waals surface area contributed by atoms with E-state index in [-0.39, 0.29) is 17.3 Å². The molecule has 0 fully saturated rings. The maximum atomic E-state index is 12.6. The van der Waals surface area contributed by atoms with Gasteiger partial charge < -0.3 is 20.6 Å². The van der Waals surface area contributed by atoms with Gasteiger partial charge in [-0.05, 0) is 54.3 Å².